The average molecular weight is 436 g/mol. The molecule has 0 bridgehead atoms. The van der Waals surface area contributed by atoms with Crippen molar-refractivity contribution in [2.45, 2.75) is 11.8 Å². The summed E-state index contributed by atoms with van der Waals surface area (Å²) in [5.74, 6) is -1.05. The lowest BCUT2D eigenvalue weighted by Crippen LogP contribution is -2.40. The van der Waals surface area contributed by atoms with Crippen LogP contribution < -0.4 is 9.62 Å². The van der Waals surface area contributed by atoms with E-state index in [0.29, 0.717) is 16.9 Å². The van der Waals surface area contributed by atoms with E-state index >= 15 is 0 Å². The summed E-state index contributed by atoms with van der Waals surface area (Å²) in [5, 5.41) is 2.72. The quantitative estimate of drug-likeness (QED) is 0.631. The van der Waals surface area contributed by atoms with Gasteiger partial charge in [-0.3, -0.25) is 9.10 Å². The van der Waals surface area contributed by atoms with Crippen molar-refractivity contribution in [2.24, 2.45) is 0 Å². The van der Waals surface area contributed by atoms with Crippen molar-refractivity contribution in [3.63, 3.8) is 0 Å². The third-order valence-corrected chi connectivity index (χ3v) is 6.96. The van der Waals surface area contributed by atoms with Crippen molar-refractivity contribution in [3.05, 3.63) is 77.9 Å². The molecule has 4 rings (SSSR count). The van der Waals surface area contributed by atoms with E-state index in [1.165, 1.54) is 19.2 Å². The fourth-order valence-electron chi connectivity index (χ4n) is 3.57. The Morgan fingerprint density at radius 3 is 2.39 bits per heavy atom. The number of nitrogens with zero attached hydrogens (tertiary/aromatic N) is 1. The maximum atomic E-state index is 13.3. The molecule has 0 spiro atoms. The predicted octanol–water partition coefficient (Wildman–Crippen LogP) is 3.60. The molecule has 7 nitrogen and oxygen atoms in total. The van der Waals surface area contributed by atoms with Gasteiger partial charge in [0.1, 0.15) is 6.54 Å². The maximum absolute atomic E-state index is 13.3. The number of sulfonamides is 1. The molecule has 1 aliphatic heterocycles. The molecule has 8 heteroatoms. The van der Waals surface area contributed by atoms with Gasteiger partial charge in [0.2, 0.25) is 5.91 Å². The molecule has 0 atom stereocenters. The van der Waals surface area contributed by atoms with Crippen LogP contribution in [0.5, 0.6) is 0 Å². The molecule has 0 saturated heterocycles. The number of carbonyl (C=O) groups excluding carboxylic acids is 2. The fraction of sp³-hybridized carbons (Fsp3) is 0.130. The van der Waals surface area contributed by atoms with Crippen LogP contribution in [-0.4, -0.2) is 33.9 Å². The van der Waals surface area contributed by atoms with Crippen LogP contribution in [0.1, 0.15) is 15.9 Å². The predicted molar refractivity (Wildman–Crippen MR) is 118 cm³/mol. The second-order valence-electron chi connectivity index (χ2n) is 7.09. The van der Waals surface area contributed by atoms with Crippen LogP contribution in [-0.2, 0) is 19.6 Å². The van der Waals surface area contributed by atoms with Gasteiger partial charge < -0.3 is 10.1 Å². The monoisotopic (exact) mass is 436 g/mol. The summed E-state index contributed by atoms with van der Waals surface area (Å²) in [5.41, 5.74) is 3.22. The van der Waals surface area contributed by atoms with Crippen LogP contribution in [0.25, 0.3) is 11.1 Å². The van der Waals surface area contributed by atoms with Gasteiger partial charge in [-0.05, 0) is 36.8 Å². The molecule has 1 aliphatic rings. The van der Waals surface area contributed by atoms with Crippen LogP contribution in [0.4, 0.5) is 11.4 Å². The zero-order chi connectivity index (χ0) is 22.2. The highest BCUT2D eigenvalue weighted by atomic mass is 32.2. The molecule has 158 valence electrons. The SMILES string of the molecule is COC(=O)c1ccc(C)c(NC(=O)CN2c3ccccc3-c3ccccc3S2(=O)=O)c1. The second kappa shape index (κ2) is 7.88. The van der Waals surface area contributed by atoms with Crippen molar-refractivity contribution in [2.75, 3.05) is 23.3 Å². The van der Waals surface area contributed by atoms with Crippen molar-refractivity contribution >= 4 is 33.3 Å². The lowest BCUT2D eigenvalue weighted by molar-refractivity contribution is -0.114. The number of para-hydroxylation sites is 1. The zero-order valence-electron chi connectivity index (χ0n) is 17.0. The summed E-state index contributed by atoms with van der Waals surface area (Å²) in [7, 11) is -2.65. The number of benzene rings is 3. The summed E-state index contributed by atoms with van der Waals surface area (Å²) in [6, 6.07) is 18.6. The Hall–Kier alpha value is -3.65. The lowest BCUT2D eigenvalue weighted by atomic mass is 10.0. The molecular formula is C23H20N2O5S. The minimum atomic E-state index is -3.92. The van der Waals surface area contributed by atoms with Gasteiger partial charge >= 0.3 is 5.97 Å². The van der Waals surface area contributed by atoms with Crippen molar-refractivity contribution in [1.82, 2.24) is 0 Å². The summed E-state index contributed by atoms with van der Waals surface area (Å²) >= 11 is 0. The number of nitrogens with one attached hydrogen (secondary N) is 1. The minimum absolute atomic E-state index is 0.158. The Kier molecular flexibility index (Phi) is 5.24. The number of aryl methyl sites for hydroxylation is 1. The first-order valence-corrected chi connectivity index (χ1v) is 11.0. The van der Waals surface area contributed by atoms with Gasteiger partial charge in [-0.25, -0.2) is 13.2 Å². The van der Waals surface area contributed by atoms with Crippen LogP contribution >= 0.6 is 0 Å². The van der Waals surface area contributed by atoms with E-state index in [-0.39, 0.29) is 10.5 Å². The van der Waals surface area contributed by atoms with Crippen molar-refractivity contribution < 1.29 is 22.7 Å². The number of hydrogen-bond acceptors (Lipinski definition) is 5. The molecule has 0 fully saturated rings. The lowest BCUT2D eigenvalue weighted by Gasteiger charge is -2.31. The van der Waals surface area contributed by atoms with Crippen LogP contribution in [0.15, 0.2) is 71.6 Å². The van der Waals surface area contributed by atoms with E-state index in [0.717, 1.165) is 15.4 Å². The average Bonchev–Trinajstić information content (AvgIpc) is 2.77. The molecule has 0 radical (unpaired) electrons. The number of anilines is 2. The number of rotatable bonds is 4. The summed E-state index contributed by atoms with van der Waals surface area (Å²) in [6.07, 6.45) is 0. The van der Waals surface area contributed by atoms with Gasteiger partial charge in [0.15, 0.2) is 0 Å². The van der Waals surface area contributed by atoms with Crippen LogP contribution in [0.3, 0.4) is 0 Å². The first kappa shape index (κ1) is 20.6. The Morgan fingerprint density at radius 2 is 1.65 bits per heavy atom. The van der Waals surface area contributed by atoms with Gasteiger partial charge in [-0.1, -0.05) is 42.5 Å². The van der Waals surface area contributed by atoms with Crippen LogP contribution in [0, 0.1) is 6.92 Å². The number of ether oxygens (including phenoxy) is 1. The Balaban J connectivity index is 1.67. The largest absolute Gasteiger partial charge is 0.465 e. The first-order valence-electron chi connectivity index (χ1n) is 9.53. The standard InChI is InChI=1S/C23H20N2O5S/c1-15-11-12-16(23(27)30-2)13-19(15)24-22(26)14-25-20-9-5-3-7-17(20)18-8-4-6-10-21(18)31(25,28)29/h3-13H,14H2,1-2H3,(H,24,26). The molecular weight excluding hydrogens is 416 g/mol. The van der Waals surface area contributed by atoms with E-state index < -0.39 is 28.4 Å². The van der Waals surface area contributed by atoms with Crippen LogP contribution in [0.2, 0.25) is 0 Å². The van der Waals surface area contributed by atoms with Gasteiger partial charge in [0.05, 0.1) is 23.3 Å². The van der Waals surface area contributed by atoms with Gasteiger partial charge in [-0.15, -0.1) is 0 Å². The van der Waals surface area contributed by atoms with E-state index in [1.54, 1.807) is 49.4 Å². The Morgan fingerprint density at radius 1 is 0.968 bits per heavy atom. The number of carbonyl (C=O) groups is 2. The number of amides is 1. The molecule has 0 saturated carbocycles. The van der Waals surface area contributed by atoms with E-state index in [1.807, 2.05) is 12.1 Å². The number of methoxy groups -OCH3 is 1. The molecule has 3 aromatic carbocycles. The van der Waals surface area contributed by atoms with E-state index in [9.17, 15) is 18.0 Å². The molecule has 0 aromatic heterocycles. The molecule has 1 N–H and O–H groups in total. The third-order valence-electron chi connectivity index (χ3n) is 5.14. The van der Waals surface area contributed by atoms with Crippen molar-refractivity contribution in [3.8, 4) is 11.1 Å². The molecule has 1 amide bonds. The molecule has 0 aliphatic carbocycles. The van der Waals surface area contributed by atoms with Gasteiger partial charge in [-0.2, -0.15) is 0 Å². The number of esters is 1. The highest BCUT2D eigenvalue weighted by Crippen LogP contribution is 2.42. The van der Waals surface area contributed by atoms with Gasteiger partial charge in [0, 0.05) is 16.8 Å². The topological polar surface area (TPSA) is 92.8 Å². The first-order chi connectivity index (χ1) is 14.8. The summed E-state index contributed by atoms with van der Waals surface area (Å²) in [4.78, 5) is 24.8. The molecule has 31 heavy (non-hydrogen) atoms. The highest BCUT2D eigenvalue weighted by molar-refractivity contribution is 7.93. The Labute approximate surface area is 180 Å². The molecule has 1 heterocycles. The summed E-state index contributed by atoms with van der Waals surface area (Å²) < 4.78 is 32.4. The van der Waals surface area contributed by atoms with E-state index in [4.69, 9.17) is 4.74 Å². The zero-order valence-corrected chi connectivity index (χ0v) is 17.8. The second-order valence-corrected chi connectivity index (χ2v) is 8.93. The summed E-state index contributed by atoms with van der Waals surface area (Å²) in [6.45, 7) is 1.37. The number of hydrogen-bond donors (Lipinski definition) is 1. The van der Waals surface area contributed by atoms with E-state index in [2.05, 4.69) is 5.32 Å². The maximum Gasteiger partial charge on any atom is 0.337 e. The fourth-order valence-corrected chi connectivity index (χ4v) is 5.22. The number of fused-ring (bicyclic) bond motifs is 3. The minimum Gasteiger partial charge on any atom is -0.465 e. The molecule has 3 aromatic rings. The smallest absolute Gasteiger partial charge is 0.337 e. The highest BCUT2D eigenvalue weighted by Gasteiger charge is 2.35. The normalized spacial score (nSPS) is 13.7. The molecule has 0 unspecified atom stereocenters. The third kappa shape index (κ3) is 3.66. The van der Waals surface area contributed by atoms with Gasteiger partial charge in [0.25, 0.3) is 10.0 Å². The van der Waals surface area contributed by atoms with Crippen molar-refractivity contribution in [1.29, 1.82) is 0 Å². The Bertz CT molecular complexity index is 1300.